The molecule has 4 rings (SSSR count). The van der Waals surface area contributed by atoms with Gasteiger partial charge < -0.3 is 10.2 Å². The van der Waals surface area contributed by atoms with Gasteiger partial charge in [-0.15, -0.1) is 0 Å². The molecule has 1 saturated heterocycles. The number of phenols is 1. The third-order valence-corrected chi connectivity index (χ3v) is 5.74. The molecule has 1 amide bonds. The number of fused-ring (bicyclic) bond motifs is 1. The predicted octanol–water partition coefficient (Wildman–Crippen LogP) is 0.814. The summed E-state index contributed by atoms with van der Waals surface area (Å²) in [6.45, 7) is -0.992. The van der Waals surface area contributed by atoms with E-state index in [9.17, 15) is 23.1 Å². The van der Waals surface area contributed by atoms with Crippen LogP contribution >= 0.6 is 0 Å². The Morgan fingerprint density at radius 3 is 2.69 bits per heavy atom. The van der Waals surface area contributed by atoms with Gasteiger partial charge >= 0.3 is 16.2 Å². The Labute approximate surface area is 163 Å². The maximum atomic E-state index is 15.2. The molecule has 150 valence electrons. The number of aliphatic carboxylic acids is 1. The fourth-order valence-corrected chi connectivity index (χ4v) is 4.29. The van der Waals surface area contributed by atoms with E-state index in [1.807, 2.05) is 0 Å². The lowest BCUT2D eigenvalue weighted by Gasteiger charge is -2.18. The number of halogens is 1. The number of aromatic hydroxyl groups is 1. The number of carboxylic acid groups (broad SMARTS) is 1. The number of benzene rings is 2. The van der Waals surface area contributed by atoms with Crippen molar-refractivity contribution in [1.29, 1.82) is 0 Å². The van der Waals surface area contributed by atoms with Gasteiger partial charge in [-0.25, -0.2) is 13.4 Å². The van der Waals surface area contributed by atoms with E-state index in [1.165, 1.54) is 35.3 Å². The largest absolute Gasteiger partial charge is 0.506 e. The van der Waals surface area contributed by atoms with Crippen molar-refractivity contribution in [2.75, 3.05) is 10.8 Å². The minimum atomic E-state index is -4.31. The number of aromatic nitrogens is 2. The molecule has 0 saturated carbocycles. The smallest absolute Gasteiger partial charge is 0.326 e. The third kappa shape index (κ3) is 3.23. The highest BCUT2D eigenvalue weighted by Gasteiger charge is 2.37. The van der Waals surface area contributed by atoms with Crippen molar-refractivity contribution in [3.63, 3.8) is 0 Å². The Kier molecular flexibility index (Phi) is 4.15. The Morgan fingerprint density at radius 1 is 1.28 bits per heavy atom. The van der Waals surface area contributed by atoms with Gasteiger partial charge in [0.2, 0.25) is 0 Å². The molecule has 0 aliphatic carbocycles. The molecule has 29 heavy (non-hydrogen) atoms. The van der Waals surface area contributed by atoms with Crippen LogP contribution in [-0.2, 0) is 26.3 Å². The number of carbonyl (C=O) groups excluding carboxylic acids is 1. The van der Waals surface area contributed by atoms with E-state index in [1.54, 1.807) is 10.8 Å². The molecule has 3 aromatic rings. The SMILES string of the molecule is O=C(O)Cn1cc(-c2ccc3cc(O)c(N4CC(=O)NS4(=O)=O)c(F)c3c2)cn1. The normalized spacial score (nSPS) is 15.6. The zero-order valence-electron chi connectivity index (χ0n) is 14.5. The Hall–Kier alpha value is -3.67. The van der Waals surface area contributed by atoms with Crippen molar-refractivity contribution in [3.05, 3.63) is 42.5 Å². The molecule has 1 aromatic heterocycles. The fraction of sp³-hybridized carbons (Fsp3) is 0.118. The summed E-state index contributed by atoms with van der Waals surface area (Å²) in [5.41, 5.74) is 0.394. The summed E-state index contributed by atoms with van der Waals surface area (Å²) < 4.78 is 42.7. The molecule has 1 aliphatic heterocycles. The Balaban J connectivity index is 1.84. The predicted molar refractivity (Wildman–Crippen MR) is 98.8 cm³/mol. The number of hydrogen-bond acceptors (Lipinski definition) is 6. The molecule has 0 unspecified atom stereocenters. The number of amides is 1. The highest BCUT2D eigenvalue weighted by molar-refractivity contribution is 7.92. The van der Waals surface area contributed by atoms with E-state index in [2.05, 4.69) is 5.10 Å². The van der Waals surface area contributed by atoms with E-state index in [0.717, 1.165) is 0 Å². The average Bonchev–Trinajstić information content (AvgIpc) is 3.18. The van der Waals surface area contributed by atoms with Gasteiger partial charge in [0.1, 0.15) is 24.5 Å². The molecule has 3 N–H and O–H groups in total. The van der Waals surface area contributed by atoms with Gasteiger partial charge in [-0.3, -0.25) is 14.3 Å². The van der Waals surface area contributed by atoms with Crippen LogP contribution < -0.4 is 9.03 Å². The maximum Gasteiger partial charge on any atom is 0.326 e. The molecule has 2 aromatic carbocycles. The molecule has 0 atom stereocenters. The number of carboxylic acids is 1. The second-order valence-corrected chi connectivity index (χ2v) is 7.95. The molecular formula is C17H13FN4O6S. The first-order chi connectivity index (χ1) is 13.7. The van der Waals surface area contributed by atoms with Crippen LogP contribution in [-0.4, -0.2) is 46.8 Å². The van der Waals surface area contributed by atoms with Gasteiger partial charge in [0.05, 0.1) is 6.20 Å². The van der Waals surface area contributed by atoms with E-state index in [-0.39, 0.29) is 11.9 Å². The van der Waals surface area contributed by atoms with Gasteiger partial charge in [0.25, 0.3) is 5.91 Å². The van der Waals surface area contributed by atoms with Crippen molar-refractivity contribution < 1.29 is 32.6 Å². The number of anilines is 1. The lowest BCUT2D eigenvalue weighted by Crippen LogP contribution is -2.30. The highest BCUT2D eigenvalue weighted by Crippen LogP contribution is 2.39. The maximum absolute atomic E-state index is 15.2. The number of phenolic OH excluding ortho intramolecular Hbond substituents is 1. The highest BCUT2D eigenvalue weighted by atomic mass is 32.2. The van der Waals surface area contributed by atoms with Crippen LogP contribution in [0.3, 0.4) is 0 Å². The molecule has 1 aliphatic rings. The van der Waals surface area contributed by atoms with Crippen LogP contribution in [0.15, 0.2) is 36.7 Å². The van der Waals surface area contributed by atoms with Crippen molar-refractivity contribution in [2.24, 2.45) is 0 Å². The number of hydrogen-bond donors (Lipinski definition) is 3. The number of nitrogens with one attached hydrogen (secondary N) is 1. The van der Waals surface area contributed by atoms with Crippen LogP contribution in [0.25, 0.3) is 21.9 Å². The van der Waals surface area contributed by atoms with Gasteiger partial charge in [0.15, 0.2) is 5.82 Å². The molecule has 0 bridgehead atoms. The van der Waals surface area contributed by atoms with E-state index in [0.29, 0.717) is 20.8 Å². The average molecular weight is 420 g/mol. The fourth-order valence-electron chi connectivity index (χ4n) is 3.13. The van der Waals surface area contributed by atoms with Gasteiger partial charge in [-0.05, 0) is 23.1 Å². The van der Waals surface area contributed by atoms with Gasteiger partial charge in [0, 0.05) is 17.1 Å². The van der Waals surface area contributed by atoms with Crippen LogP contribution in [0, 0.1) is 5.82 Å². The van der Waals surface area contributed by atoms with Crippen molar-refractivity contribution >= 4 is 38.5 Å². The molecule has 12 heteroatoms. The Morgan fingerprint density at radius 2 is 2.03 bits per heavy atom. The number of rotatable bonds is 4. The van der Waals surface area contributed by atoms with E-state index in [4.69, 9.17) is 5.11 Å². The first-order valence-electron chi connectivity index (χ1n) is 8.19. The Bertz CT molecular complexity index is 1290. The molecule has 1 fully saturated rings. The second-order valence-electron chi connectivity index (χ2n) is 6.35. The monoisotopic (exact) mass is 420 g/mol. The summed E-state index contributed by atoms with van der Waals surface area (Å²) >= 11 is 0. The minimum absolute atomic E-state index is 0.0100. The molecular weight excluding hydrogens is 407 g/mol. The van der Waals surface area contributed by atoms with Gasteiger partial charge in [-0.1, -0.05) is 12.1 Å². The quantitative estimate of drug-likeness (QED) is 0.567. The van der Waals surface area contributed by atoms with Crippen LogP contribution in [0.1, 0.15) is 0 Å². The first-order valence-corrected chi connectivity index (χ1v) is 9.63. The second kappa shape index (κ2) is 6.44. The van der Waals surface area contributed by atoms with Crippen LogP contribution in [0.2, 0.25) is 0 Å². The topological polar surface area (TPSA) is 142 Å². The van der Waals surface area contributed by atoms with E-state index < -0.39 is 45.9 Å². The summed E-state index contributed by atoms with van der Waals surface area (Å²) in [4.78, 5) is 22.2. The summed E-state index contributed by atoms with van der Waals surface area (Å²) in [5, 5.41) is 23.3. The lowest BCUT2D eigenvalue weighted by molar-refractivity contribution is -0.137. The molecule has 2 heterocycles. The summed E-state index contributed by atoms with van der Waals surface area (Å²) in [6.07, 6.45) is 2.89. The first kappa shape index (κ1) is 18.7. The number of nitrogens with zero attached hydrogens (tertiary/aromatic N) is 3. The molecule has 0 radical (unpaired) electrons. The van der Waals surface area contributed by atoms with Crippen LogP contribution in [0.5, 0.6) is 5.75 Å². The zero-order chi connectivity index (χ0) is 20.9. The zero-order valence-corrected chi connectivity index (χ0v) is 15.4. The summed E-state index contributed by atoms with van der Waals surface area (Å²) in [5.74, 6) is -3.56. The van der Waals surface area contributed by atoms with Crippen molar-refractivity contribution in [1.82, 2.24) is 14.5 Å². The molecule has 0 spiro atoms. The third-order valence-electron chi connectivity index (χ3n) is 4.37. The van der Waals surface area contributed by atoms with Crippen LogP contribution in [0.4, 0.5) is 10.1 Å². The minimum Gasteiger partial charge on any atom is -0.506 e. The van der Waals surface area contributed by atoms with Gasteiger partial charge in [-0.2, -0.15) is 13.5 Å². The van der Waals surface area contributed by atoms with E-state index >= 15 is 4.39 Å². The number of carbonyl (C=O) groups is 2. The lowest BCUT2D eigenvalue weighted by atomic mass is 10.0. The van der Waals surface area contributed by atoms with Crippen molar-refractivity contribution in [3.8, 4) is 16.9 Å². The summed E-state index contributed by atoms with van der Waals surface area (Å²) in [6, 6.07) is 5.77. The molecule has 10 nitrogen and oxygen atoms in total. The summed E-state index contributed by atoms with van der Waals surface area (Å²) in [7, 11) is -4.31. The van der Waals surface area contributed by atoms with Crippen molar-refractivity contribution in [2.45, 2.75) is 6.54 Å². The standard InChI is InChI=1S/C17H13FN4O6S/c18-16-12-3-9(11-5-19-21(6-11)8-15(25)26)1-2-10(12)4-13(23)17(16)22-7-14(24)20-29(22,27)28/h1-6,23H,7-8H2,(H,20,24)(H,25,26).